The smallest absolute Gasteiger partial charge is 0.0766 e. The predicted octanol–water partition coefficient (Wildman–Crippen LogP) is 3.17. The fraction of sp³-hybridized carbons (Fsp3) is 0.467. The molecule has 0 aromatic carbocycles. The molecule has 2 aromatic heterocycles. The average Bonchev–Trinajstić information content (AvgIpc) is 2.75. The van der Waals surface area contributed by atoms with Gasteiger partial charge in [-0.2, -0.15) is 5.10 Å². The second kappa shape index (κ2) is 6.50. The van der Waals surface area contributed by atoms with Gasteiger partial charge in [-0.05, 0) is 53.9 Å². The summed E-state index contributed by atoms with van der Waals surface area (Å²) in [6, 6.07) is 3.99. The van der Waals surface area contributed by atoms with Crippen LogP contribution in [0.5, 0.6) is 0 Å². The van der Waals surface area contributed by atoms with Crippen molar-refractivity contribution in [2.75, 3.05) is 0 Å². The van der Waals surface area contributed by atoms with Crippen LogP contribution in [0.25, 0.3) is 0 Å². The van der Waals surface area contributed by atoms with Gasteiger partial charge in [-0.25, -0.2) is 0 Å². The fourth-order valence-electron chi connectivity index (χ4n) is 2.34. The minimum atomic E-state index is -0.0419. The molecular weight excluding hydrogens is 316 g/mol. The summed E-state index contributed by atoms with van der Waals surface area (Å²) in [4.78, 5) is 4.22. The Morgan fingerprint density at radius 3 is 2.75 bits per heavy atom. The van der Waals surface area contributed by atoms with Gasteiger partial charge in [0.1, 0.15) is 0 Å². The van der Waals surface area contributed by atoms with Crippen LogP contribution in [0.4, 0.5) is 0 Å². The summed E-state index contributed by atoms with van der Waals surface area (Å²) < 4.78 is 3.14. The van der Waals surface area contributed by atoms with E-state index in [2.05, 4.69) is 39.9 Å². The highest BCUT2D eigenvalue weighted by molar-refractivity contribution is 9.10. The van der Waals surface area contributed by atoms with E-state index in [-0.39, 0.29) is 6.04 Å². The molecule has 5 heteroatoms. The summed E-state index contributed by atoms with van der Waals surface area (Å²) in [5, 5.41) is 4.61. The molecule has 1 unspecified atom stereocenters. The van der Waals surface area contributed by atoms with E-state index >= 15 is 0 Å². The number of nitrogens with zero attached hydrogens (tertiary/aromatic N) is 3. The van der Waals surface area contributed by atoms with Crippen molar-refractivity contribution in [3.05, 3.63) is 45.4 Å². The molecule has 0 radical (unpaired) electrons. The summed E-state index contributed by atoms with van der Waals surface area (Å²) in [5.74, 6) is 0. The molecule has 1 atom stereocenters. The summed E-state index contributed by atoms with van der Waals surface area (Å²) in [5.41, 5.74) is 10.7. The Balaban J connectivity index is 2.27. The molecule has 4 nitrogen and oxygen atoms in total. The highest BCUT2D eigenvalue weighted by Gasteiger charge is 2.17. The molecule has 2 N–H and O–H groups in total. The predicted molar refractivity (Wildman–Crippen MR) is 84.6 cm³/mol. The van der Waals surface area contributed by atoms with Gasteiger partial charge in [-0.1, -0.05) is 6.92 Å². The number of nitrogens with two attached hydrogens (primary N) is 1. The molecule has 0 bridgehead atoms. The van der Waals surface area contributed by atoms with Crippen molar-refractivity contribution in [2.24, 2.45) is 5.73 Å². The van der Waals surface area contributed by atoms with E-state index in [9.17, 15) is 0 Å². The summed E-state index contributed by atoms with van der Waals surface area (Å²) in [7, 11) is 0. The Morgan fingerprint density at radius 2 is 2.15 bits per heavy atom. The van der Waals surface area contributed by atoms with Crippen molar-refractivity contribution in [1.29, 1.82) is 0 Å². The van der Waals surface area contributed by atoms with Gasteiger partial charge in [-0.15, -0.1) is 0 Å². The number of pyridine rings is 1. The third-order valence-electron chi connectivity index (χ3n) is 3.46. The van der Waals surface area contributed by atoms with E-state index < -0.39 is 0 Å². The molecule has 2 heterocycles. The summed E-state index contributed by atoms with van der Waals surface area (Å²) >= 11 is 3.67. The van der Waals surface area contributed by atoms with Gasteiger partial charge in [0, 0.05) is 30.9 Å². The van der Waals surface area contributed by atoms with Gasteiger partial charge in [0.15, 0.2) is 0 Å². The number of hydrogen-bond donors (Lipinski definition) is 1. The van der Waals surface area contributed by atoms with E-state index in [4.69, 9.17) is 5.73 Å². The Morgan fingerprint density at radius 1 is 1.40 bits per heavy atom. The molecule has 0 aliphatic rings. The third kappa shape index (κ3) is 3.10. The summed E-state index contributed by atoms with van der Waals surface area (Å²) in [6.07, 6.45) is 3.50. The molecule has 2 aromatic rings. The van der Waals surface area contributed by atoms with E-state index in [0.29, 0.717) is 0 Å². The van der Waals surface area contributed by atoms with E-state index in [1.807, 2.05) is 29.9 Å². The Labute approximate surface area is 128 Å². The number of aromatic nitrogens is 3. The fourth-order valence-corrected chi connectivity index (χ4v) is 3.06. The quantitative estimate of drug-likeness (QED) is 0.912. The number of hydrogen-bond acceptors (Lipinski definition) is 3. The van der Waals surface area contributed by atoms with Crippen LogP contribution < -0.4 is 5.73 Å². The molecule has 0 saturated heterocycles. The molecule has 2 rings (SSSR count). The van der Waals surface area contributed by atoms with E-state index in [0.717, 1.165) is 40.8 Å². The monoisotopic (exact) mass is 336 g/mol. The topological polar surface area (TPSA) is 56.7 Å². The average molecular weight is 337 g/mol. The molecule has 0 spiro atoms. The summed E-state index contributed by atoms with van der Waals surface area (Å²) in [6.45, 7) is 7.06. The molecule has 0 aliphatic carbocycles. The molecular formula is C15H21BrN4. The van der Waals surface area contributed by atoms with Crippen molar-refractivity contribution in [3.8, 4) is 0 Å². The standard InChI is InChI=1S/C15H21BrN4/c1-4-13-15(16)14(20(5-2)19-13)9-12(17)11-6-7-18-10(3)8-11/h6-8,12H,4-5,9,17H2,1-3H3. The maximum absolute atomic E-state index is 6.35. The number of aryl methyl sites for hydroxylation is 3. The van der Waals surface area contributed by atoms with E-state index in [1.165, 1.54) is 5.69 Å². The zero-order valence-corrected chi connectivity index (χ0v) is 13.8. The number of rotatable bonds is 5. The lowest BCUT2D eigenvalue weighted by Gasteiger charge is -2.14. The normalized spacial score (nSPS) is 12.7. The van der Waals surface area contributed by atoms with Gasteiger partial charge in [0.25, 0.3) is 0 Å². The lowest BCUT2D eigenvalue weighted by atomic mass is 10.0. The first-order chi connectivity index (χ1) is 9.56. The second-order valence-electron chi connectivity index (χ2n) is 4.92. The lowest BCUT2D eigenvalue weighted by Crippen LogP contribution is -2.16. The first-order valence-corrected chi connectivity index (χ1v) is 7.78. The third-order valence-corrected chi connectivity index (χ3v) is 4.37. The van der Waals surface area contributed by atoms with Crippen LogP contribution in [0.3, 0.4) is 0 Å². The lowest BCUT2D eigenvalue weighted by molar-refractivity contribution is 0.584. The van der Waals surface area contributed by atoms with Crippen LogP contribution in [-0.2, 0) is 19.4 Å². The van der Waals surface area contributed by atoms with Crippen molar-refractivity contribution in [1.82, 2.24) is 14.8 Å². The molecule has 108 valence electrons. The van der Waals surface area contributed by atoms with Crippen LogP contribution in [-0.4, -0.2) is 14.8 Å². The van der Waals surface area contributed by atoms with Gasteiger partial charge in [0.2, 0.25) is 0 Å². The first kappa shape index (κ1) is 15.2. The molecule has 0 amide bonds. The van der Waals surface area contributed by atoms with Crippen molar-refractivity contribution >= 4 is 15.9 Å². The Hall–Kier alpha value is -1.20. The van der Waals surface area contributed by atoms with Crippen LogP contribution in [0.15, 0.2) is 22.8 Å². The molecule has 0 fully saturated rings. The van der Waals surface area contributed by atoms with Crippen molar-refractivity contribution in [2.45, 2.75) is 46.2 Å². The van der Waals surface area contributed by atoms with Crippen molar-refractivity contribution in [3.63, 3.8) is 0 Å². The Bertz CT molecular complexity index is 592. The second-order valence-corrected chi connectivity index (χ2v) is 5.71. The van der Waals surface area contributed by atoms with Crippen LogP contribution >= 0.6 is 15.9 Å². The number of halogens is 1. The maximum Gasteiger partial charge on any atom is 0.0766 e. The van der Waals surface area contributed by atoms with Gasteiger partial charge >= 0.3 is 0 Å². The zero-order chi connectivity index (χ0) is 14.7. The van der Waals surface area contributed by atoms with Crippen LogP contribution in [0.1, 0.15) is 42.5 Å². The van der Waals surface area contributed by atoms with E-state index in [1.54, 1.807) is 0 Å². The van der Waals surface area contributed by atoms with Gasteiger partial charge < -0.3 is 5.73 Å². The highest BCUT2D eigenvalue weighted by atomic mass is 79.9. The van der Waals surface area contributed by atoms with Crippen LogP contribution in [0.2, 0.25) is 0 Å². The van der Waals surface area contributed by atoms with Gasteiger partial charge in [0.05, 0.1) is 15.9 Å². The molecule has 20 heavy (non-hydrogen) atoms. The Kier molecular flexibility index (Phi) is 4.94. The van der Waals surface area contributed by atoms with Crippen LogP contribution in [0, 0.1) is 6.92 Å². The first-order valence-electron chi connectivity index (χ1n) is 6.99. The molecule has 0 saturated carbocycles. The highest BCUT2D eigenvalue weighted by Crippen LogP contribution is 2.26. The maximum atomic E-state index is 6.35. The zero-order valence-electron chi connectivity index (χ0n) is 12.2. The SMILES string of the molecule is CCc1nn(CC)c(CC(N)c2ccnc(C)c2)c1Br. The minimum Gasteiger partial charge on any atom is -0.324 e. The molecule has 0 aliphatic heterocycles. The minimum absolute atomic E-state index is 0.0419. The van der Waals surface area contributed by atoms with Crippen molar-refractivity contribution < 1.29 is 0 Å². The van der Waals surface area contributed by atoms with Gasteiger partial charge in [-0.3, -0.25) is 9.67 Å². The largest absolute Gasteiger partial charge is 0.324 e.